The molecule has 0 fully saturated rings. The van der Waals surface area contributed by atoms with Gasteiger partial charge in [0.1, 0.15) is 0 Å². The Hall–Kier alpha value is -4.43. The fraction of sp³-hybridized carbons (Fsp3) is 0.111. The molecule has 0 spiro atoms. The summed E-state index contributed by atoms with van der Waals surface area (Å²) in [5.74, 6) is 1.29. The maximum Gasteiger partial charge on any atom is 0.233 e. The number of fused-ring (bicyclic) bond motifs is 1. The SMILES string of the molecule is Cc1ccccc1Nc1nc(NCNc2ccnc3cc(Cl)ccc23)nc(Nc2ccccc2C)n1. The minimum atomic E-state index is 0.388. The van der Waals surface area contributed by atoms with Crippen molar-refractivity contribution in [1.29, 1.82) is 0 Å². The van der Waals surface area contributed by atoms with Gasteiger partial charge >= 0.3 is 0 Å². The molecule has 36 heavy (non-hydrogen) atoms. The van der Waals surface area contributed by atoms with E-state index >= 15 is 0 Å². The highest BCUT2D eigenvalue weighted by Crippen LogP contribution is 2.25. The molecule has 9 heteroatoms. The number of aryl methyl sites for hydroxylation is 2. The molecule has 180 valence electrons. The van der Waals surface area contributed by atoms with Crippen molar-refractivity contribution in [3.63, 3.8) is 0 Å². The summed E-state index contributed by atoms with van der Waals surface area (Å²) in [6.45, 7) is 4.45. The molecule has 5 rings (SSSR count). The van der Waals surface area contributed by atoms with E-state index in [-0.39, 0.29) is 0 Å². The van der Waals surface area contributed by atoms with Crippen LogP contribution in [0.1, 0.15) is 11.1 Å². The zero-order valence-electron chi connectivity index (χ0n) is 19.9. The van der Waals surface area contributed by atoms with Gasteiger partial charge in [-0.15, -0.1) is 0 Å². The van der Waals surface area contributed by atoms with Gasteiger partial charge in [0.15, 0.2) is 0 Å². The molecule has 0 radical (unpaired) electrons. The molecule has 0 unspecified atom stereocenters. The summed E-state index contributed by atoms with van der Waals surface area (Å²) >= 11 is 6.11. The smallest absolute Gasteiger partial charge is 0.233 e. The zero-order chi connectivity index (χ0) is 24.9. The summed E-state index contributed by atoms with van der Waals surface area (Å²) in [6, 6.07) is 23.5. The summed E-state index contributed by atoms with van der Waals surface area (Å²) in [7, 11) is 0. The maximum atomic E-state index is 6.11. The number of rotatable bonds is 8. The standard InChI is InChI=1S/C27H25ClN8/c1-17-7-3-5-9-21(17)32-26-34-25(35-27(36-26)33-22-10-6-4-8-18(22)2)31-16-30-23-13-14-29-24-15-19(28)11-12-20(23)24/h3-15H,16H2,1-2H3,(H,29,30)(H3,31,32,33,34,35,36). The van der Waals surface area contributed by atoms with Crippen LogP contribution >= 0.6 is 11.6 Å². The second kappa shape index (κ2) is 10.5. The Morgan fingerprint density at radius 2 is 1.28 bits per heavy atom. The third-order valence-corrected chi connectivity index (χ3v) is 5.88. The normalized spacial score (nSPS) is 10.8. The van der Waals surface area contributed by atoms with Gasteiger partial charge in [-0.2, -0.15) is 15.0 Å². The van der Waals surface area contributed by atoms with Crippen LogP contribution < -0.4 is 21.3 Å². The van der Waals surface area contributed by atoms with Gasteiger partial charge in [-0.3, -0.25) is 4.98 Å². The topological polar surface area (TPSA) is 99.7 Å². The van der Waals surface area contributed by atoms with E-state index in [4.69, 9.17) is 11.6 Å². The van der Waals surface area contributed by atoms with Gasteiger partial charge in [-0.1, -0.05) is 48.0 Å². The van der Waals surface area contributed by atoms with E-state index in [2.05, 4.69) is 41.2 Å². The maximum absolute atomic E-state index is 6.11. The number of nitrogens with one attached hydrogen (secondary N) is 4. The van der Waals surface area contributed by atoms with Crippen LogP contribution in [0.5, 0.6) is 0 Å². The first-order chi connectivity index (χ1) is 17.5. The lowest BCUT2D eigenvalue weighted by molar-refractivity contribution is 1.03. The number of para-hydroxylation sites is 2. The highest BCUT2D eigenvalue weighted by atomic mass is 35.5. The molecule has 4 N–H and O–H groups in total. The Bertz CT molecular complexity index is 1460. The van der Waals surface area contributed by atoms with Crippen LogP contribution in [-0.4, -0.2) is 26.6 Å². The third kappa shape index (κ3) is 5.45. The fourth-order valence-electron chi connectivity index (χ4n) is 3.73. The Morgan fingerprint density at radius 3 is 1.92 bits per heavy atom. The van der Waals surface area contributed by atoms with Gasteiger partial charge in [-0.25, -0.2) is 0 Å². The summed E-state index contributed by atoms with van der Waals surface area (Å²) in [6.07, 6.45) is 1.75. The minimum absolute atomic E-state index is 0.388. The van der Waals surface area contributed by atoms with Crippen LogP contribution in [0.3, 0.4) is 0 Å². The van der Waals surface area contributed by atoms with E-state index < -0.39 is 0 Å². The molecule has 5 aromatic rings. The molecular weight excluding hydrogens is 472 g/mol. The summed E-state index contributed by atoms with van der Waals surface area (Å²) in [5, 5.41) is 14.9. The van der Waals surface area contributed by atoms with Gasteiger partial charge in [0, 0.05) is 33.7 Å². The zero-order valence-corrected chi connectivity index (χ0v) is 20.6. The molecule has 0 bridgehead atoms. The minimum Gasteiger partial charge on any atom is -0.367 e. The van der Waals surface area contributed by atoms with E-state index in [9.17, 15) is 0 Å². The largest absolute Gasteiger partial charge is 0.367 e. The van der Waals surface area contributed by atoms with Crippen molar-refractivity contribution in [2.24, 2.45) is 0 Å². The Kier molecular flexibility index (Phi) is 6.77. The van der Waals surface area contributed by atoms with Crippen LogP contribution in [-0.2, 0) is 0 Å². The van der Waals surface area contributed by atoms with Gasteiger partial charge in [0.05, 0.1) is 12.2 Å². The third-order valence-electron chi connectivity index (χ3n) is 5.65. The van der Waals surface area contributed by atoms with Crippen molar-refractivity contribution in [3.8, 4) is 0 Å². The van der Waals surface area contributed by atoms with Crippen molar-refractivity contribution in [1.82, 2.24) is 19.9 Å². The molecule has 0 atom stereocenters. The van der Waals surface area contributed by atoms with Crippen molar-refractivity contribution < 1.29 is 0 Å². The number of hydrogen-bond acceptors (Lipinski definition) is 8. The molecule has 0 aliphatic carbocycles. The average Bonchev–Trinajstić information content (AvgIpc) is 2.87. The van der Waals surface area contributed by atoms with Crippen molar-refractivity contribution in [2.75, 3.05) is 27.9 Å². The second-order valence-corrected chi connectivity index (χ2v) is 8.67. The highest BCUT2D eigenvalue weighted by Gasteiger charge is 2.10. The predicted octanol–water partition coefficient (Wildman–Crippen LogP) is 6.66. The molecule has 8 nitrogen and oxygen atoms in total. The van der Waals surface area contributed by atoms with Crippen LogP contribution in [0.4, 0.5) is 34.9 Å². The number of halogens is 1. The summed E-state index contributed by atoms with van der Waals surface area (Å²) < 4.78 is 0. The lowest BCUT2D eigenvalue weighted by Crippen LogP contribution is -2.16. The molecule has 3 aromatic carbocycles. The van der Waals surface area contributed by atoms with Crippen molar-refractivity contribution in [2.45, 2.75) is 13.8 Å². The lowest BCUT2D eigenvalue weighted by Gasteiger charge is -2.14. The number of benzene rings is 3. The van der Waals surface area contributed by atoms with Gasteiger partial charge in [0.2, 0.25) is 17.8 Å². The summed E-state index contributed by atoms with van der Waals surface area (Å²) in [4.78, 5) is 18.2. The number of pyridine rings is 1. The van der Waals surface area contributed by atoms with Crippen molar-refractivity contribution >= 4 is 57.4 Å². The van der Waals surface area contributed by atoms with Crippen molar-refractivity contribution in [3.05, 3.63) is 95.1 Å². The Balaban J connectivity index is 1.39. The first-order valence-corrected chi connectivity index (χ1v) is 11.9. The first-order valence-electron chi connectivity index (χ1n) is 11.5. The molecule has 2 heterocycles. The number of anilines is 6. The second-order valence-electron chi connectivity index (χ2n) is 8.24. The van der Waals surface area contributed by atoms with E-state index in [1.807, 2.05) is 86.6 Å². The fourth-order valence-corrected chi connectivity index (χ4v) is 3.89. The number of hydrogen-bond donors (Lipinski definition) is 4. The van der Waals surface area contributed by atoms with Crippen LogP contribution in [0.15, 0.2) is 79.0 Å². The highest BCUT2D eigenvalue weighted by molar-refractivity contribution is 6.31. The first kappa shape index (κ1) is 23.3. The molecule has 0 aliphatic rings. The molecular formula is C27H25ClN8. The molecule has 0 saturated carbocycles. The lowest BCUT2D eigenvalue weighted by atomic mass is 10.2. The van der Waals surface area contributed by atoms with Crippen LogP contribution in [0, 0.1) is 13.8 Å². The monoisotopic (exact) mass is 496 g/mol. The Morgan fingerprint density at radius 1 is 0.667 bits per heavy atom. The molecule has 2 aromatic heterocycles. The molecule has 0 saturated heterocycles. The average molecular weight is 497 g/mol. The summed E-state index contributed by atoms with van der Waals surface area (Å²) in [5.41, 5.74) is 5.78. The quantitative estimate of drug-likeness (QED) is 0.177. The van der Waals surface area contributed by atoms with Gasteiger partial charge < -0.3 is 21.3 Å². The number of aromatic nitrogens is 4. The van der Waals surface area contributed by atoms with Crippen LogP contribution in [0.25, 0.3) is 10.9 Å². The van der Waals surface area contributed by atoms with E-state index in [1.54, 1.807) is 6.20 Å². The van der Waals surface area contributed by atoms with Gasteiger partial charge in [-0.05, 0) is 61.4 Å². The predicted molar refractivity (Wildman–Crippen MR) is 148 cm³/mol. The van der Waals surface area contributed by atoms with E-state index in [0.717, 1.165) is 39.1 Å². The molecule has 0 amide bonds. The van der Waals surface area contributed by atoms with E-state index in [0.29, 0.717) is 29.5 Å². The van der Waals surface area contributed by atoms with Gasteiger partial charge in [0.25, 0.3) is 0 Å². The Labute approximate surface area is 214 Å². The van der Waals surface area contributed by atoms with Crippen LogP contribution in [0.2, 0.25) is 5.02 Å². The molecule has 0 aliphatic heterocycles. The number of nitrogens with zero attached hydrogens (tertiary/aromatic N) is 4. The van der Waals surface area contributed by atoms with E-state index in [1.165, 1.54) is 0 Å².